The third-order valence-corrected chi connectivity index (χ3v) is 2.64. The standard InChI is InChI=1S/C14H20ClNO2/c1-5-18-11-8-6-7-10(9-11)12(15)13(17)16-14(2,3)4/h6-9,12H,5H2,1-4H3,(H,16,17). The number of hydrogen-bond donors (Lipinski definition) is 1. The second-order valence-corrected chi connectivity index (χ2v) is 5.54. The van der Waals surface area contributed by atoms with Crippen LogP contribution in [0.5, 0.6) is 5.75 Å². The highest BCUT2D eigenvalue weighted by Gasteiger charge is 2.22. The van der Waals surface area contributed by atoms with Crippen molar-refractivity contribution in [2.45, 2.75) is 38.6 Å². The summed E-state index contributed by atoms with van der Waals surface area (Å²) in [6.07, 6.45) is 0. The van der Waals surface area contributed by atoms with E-state index in [4.69, 9.17) is 16.3 Å². The van der Waals surface area contributed by atoms with Gasteiger partial charge in [-0.05, 0) is 45.4 Å². The van der Waals surface area contributed by atoms with Crippen LogP contribution in [0.4, 0.5) is 0 Å². The van der Waals surface area contributed by atoms with E-state index >= 15 is 0 Å². The molecule has 0 bridgehead atoms. The maximum absolute atomic E-state index is 11.9. The van der Waals surface area contributed by atoms with Gasteiger partial charge < -0.3 is 10.1 Å². The Kier molecular flexibility index (Phi) is 5.03. The summed E-state index contributed by atoms with van der Waals surface area (Å²) in [5.74, 6) is 0.530. The predicted octanol–water partition coefficient (Wildman–Crippen LogP) is 3.28. The number of benzene rings is 1. The summed E-state index contributed by atoms with van der Waals surface area (Å²) in [5, 5.41) is 2.15. The van der Waals surface area contributed by atoms with Gasteiger partial charge in [-0.3, -0.25) is 4.79 Å². The molecule has 18 heavy (non-hydrogen) atoms. The Hall–Kier alpha value is -1.22. The summed E-state index contributed by atoms with van der Waals surface area (Å²) in [6.45, 7) is 8.27. The number of alkyl halides is 1. The molecule has 0 fully saturated rings. The molecule has 0 aliphatic carbocycles. The van der Waals surface area contributed by atoms with Gasteiger partial charge in [0.1, 0.15) is 11.1 Å². The van der Waals surface area contributed by atoms with Gasteiger partial charge in [0.2, 0.25) is 5.91 Å². The SMILES string of the molecule is CCOc1cccc(C(Cl)C(=O)NC(C)(C)C)c1. The van der Waals surface area contributed by atoms with Crippen LogP contribution in [0.2, 0.25) is 0 Å². The summed E-state index contributed by atoms with van der Waals surface area (Å²) in [5.41, 5.74) is 0.450. The van der Waals surface area contributed by atoms with Gasteiger partial charge in [-0.25, -0.2) is 0 Å². The van der Waals surface area contributed by atoms with Gasteiger partial charge in [-0.1, -0.05) is 12.1 Å². The highest BCUT2D eigenvalue weighted by Crippen LogP contribution is 2.25. The summed E-state index contributed by atoms with van der Waals surface area (Å²) in [4.78, 5) is 11.9. The number of nitrogens with one attached hydrogen (secondary N) is 1. The Labute approximate surface area is 113 Å². The molecule has 4 heteroatoms. The van der Waals surface area contributed by atoms with Gasteiger partial charge in [0.15, 0.2) is 0 Å². The van der Waals surface area contributed by atoms with Crippen molar-refractivity contribution in [3.05, 3.63) is 29.8 Å². The lowest BCUT2D eigenvalue weighted by Crippen LogP contribution is -2.42. The Morgan fingerprint density at radius 2 is 2.11 bits per heavy atom. The molecule has 1 atom stereocenters. The fraction of sp³-hybridized carbons (Fsp3) is 0.500. The molecule has 0 radical (unpaired) electrons. The first-order valence-electron chi connectivity index (χ1n) is 6.02. The molecule has 0 heterocycles. The monoisotopic (exact) mass is 269 g/mol. The molecule has 1 amide bonds. The van der Waals surface area contributed by atoms with E-state index in [-0.39, 0.29) is 11.4 Å². The fourth-order valence-electron chi connectivity index (χ4n) is 1.51. The molecule has 0 aromatic heterocycles. The first-order chi connectivity index (χ1) is 8.33. The second-order valence-electron chi connectivity index (χ2n) is 5.11. The predicted molar refractivity (Wildman–Crippen MR) is 74.1 cm³/mol. The lowest BCUT2D eigenvalue weighted by molar-refractivity contribution is -0.122. The van der Waals surface area contributed by atoms with Crippen molar-refractivity contribution in [2.24, 2.45) is 0 Å². The maximum atomic E-state index is 11.9. The smallest absolute Gasteiger partial charge is 0.243 e. The average molecular weight is 270 g/mol. The Morgan fingerprint density at radius 1 is 1.44 bits per heavy atom. The third kappa shape index (κ3) is 4.57. The molecule has 1 aromatic rings. The van der Waals surface area contributed by atoms with E-state index in [1.807, 2.05) is 45.9 Å². The normalized spacial score (nSPS) is 12.9. The van der Waals surface area contributed by atoms with Crippen LogP contribution < -0.4 is 10.1 Å². The molecule has 1 N–H and O–H groups in total. The molecule has 0 saturated heterocycles. The molecule has 100 valence electrons. The molecule has 0 spiro atoms. The average Bonchev–Trinajstić information content (AvgIpc) is 2.26. The zero-order valence-electron chi connectivity index (χ0n) is 11.3. The van der Waals surface area contributed by atoms with Gasteiger partial charge in [0.05, 0.1) is 6.61 Å². The van der Waals surface area contributed by atoms with E-state index in [9.17, 15) is 4.79 Å². The van der Waals surface area contributed by atoms with Crippen molar-refractivity contribution < 1.29 is 9.53 Å². The van der Waals surface area contributed by atoms with Crippen LogP contribution in [0.1, 0.15) is 38.6 Å². The number of rotatable bonds is 4. The number of ether oxygens (including phenoxy) is 1. The molecule has 1 rings (SSSR count). The van der Waals surface area contributed by atoms with Crippen molar-refractivity contribution in [1.82, 2.24) is 5.32 Å². The Morgan fingerprint density at radius 3 is 2.67 bits per heavy atom. The van der Waals surface area contributed by atoms with E-state index in [0.29, 0.717) is 6.61 Å². The Bertz CT molecular complexity index is 413. The van der Waals surface area contributed by atoms with E-state index in [1.165, 1.54) is 0 Å². The van der Waals surface area contributed by atoms with Crippen LogP contribution >= 0.6 is 11.6 Å². The quantitative estimate of drug-likeness (QED) is 0.852. The fourth-order valence-corrected chi connectivity index (χ4v) is 1.70. The molecule has 0 saturated carbocycles. The summed E-state index contributed by atoms with van der Waals surface area (Å²) < 4.78 is 5.39. The number of carbonyl (C=O) groups is 1. The first kappa shape index (κ1) is 14.8. The molecular formula is C14H20ClNO2. The maximum Gasteiger partial charge on any atom is 0.243 e. The van der Waals surface area contributed by atoms with Gasteiger partial charge in [-0.15, -0.1) is 11.6 Å². The van der Waals surface area contributed by atoms with Gasteiger partial charge in [0, 0.05) is 5.54 Å². The van der Waals surface area contributed by atoms with Crippen LogP contribution in [-0.2, 0) is 4.79 Å². The van der Waals surface area contributed by atoms with Crippen LogP contribution in [0, 0.1) is 0 Å². The van der Waals surface area contributed by atoms with Crippen molar-refractivity contribution >= 4 is 17.5 Å². The molecule has 0 aliphatic heterocycles. The van der Waals surface area contributed by atoms with Gasteiger partial charge >= 0.3 is 0 Å². The lowest BCUT2D eigenvalue weighted by atomic mass is 10.1. The Balaban J connectivity index is 2.80. The number of halogens is 1. The largest absolute Gasteiger partial charge is 0.494 e. The van der Waals surface area contributed by atoms with Crippen LogP contribution in [0.15, 0.2) is 24.3 Å². The number of hydrogen-bond acceptors (Lipinski definition) is 2. The zero-order chi connectivity index (χ0) is 13.8. The van der Waals surface area contributed by atoms with Crippen LogP contribution in [0.3, 0.4) is 0 Å². The van der Waals surface area contributed by atoms with Crippen molar-refractivity contribution in [3.8, 4) is 5.75 Å². The van der Waals surface area contributed by atoms with Gasteiger partial charge in [-0.2, -0.15) is 0 Å². The van der Waals surface area contributed by atoms with E-state index in [0.717, 1.165) is 11.3 Å². The summed E-state index contributed by atoms with van der Waals surface area (Å²) in [6, 6.07) is 7.30. The van der Waals surface area contributed by atoms with E-state index in [1.54, 1.807) is 6.07 Å². The second kappa shape index (κ2) is 6.10. The highest BCUT2D eigenvalue weighted by molar-refractivity contribution is 6.30. The van der Waals surface area contributed by atoms with Crippen LogP contribution in [-0.4, -0.2) is 18.1 Å². The highest BCUT2D eigenvalue weighted by atomic mass is 35.5. The molecule has 1 unspecified atom stereocenters. The minimum atomic E-state index is -0.704. The minimum absolute atomic E-state index is 0.196. The zero-order valence-corrected chi connectivity index (χ0v) is 12.0. The topological polar surface area (TPSA) is 38.3 Å². The summed E-state index contributed by atoms with van der Waals surface area (Å²) >= 11 is 6.17. The van der Waals surface area contributed by atoms with Crippen molar-refractivity contribution in [1.29, 1.82) is 0 Å². The van der Waals surface area contributed by atoms with Crippen LogP contribution in [0.25, 0.3) is 0 Å². The molecule has 0 aliphatic rings. The molecule has 3 nitrogen and oxygen atoms in total. The van der Waals surface area contributed by atoms with E-state index < -0.39 is 5.38 Å². The summed E-state index contributed by atoms with van der Waals surface area (Å²) in [7, 11) is 0. The lowest BCUT2D eigenvalue weighted by Gasteiger charge is -2.22. The van der Waals surface area contributed by atoms with E-state index in [2.05, 4.69) is 5.32 Å². The van der Waals surface area contributed by atoms with Crippen molar-refractivity contribution in [3.63, 3.8) is 0 Å². The van der Waals surface area contributed by atoms with Crippen molar-refractivity contribution in [2.75, 3.05) is 6.61 Å². The molecular weight excluding hydrogens is 250 g/mol. The van der Waals surface area contributed by atoms with Gasteiger partial charge in [0.25, 0.3) is 0 Å². The number of amides is 1. The molecule has 1 aromatic carbocycles. The number of carbonyl (C=O) groups excluding carboxylic acids is 1. The minimum Gasteiger partial charge on any atom is -0.494 e. The third-order valence-electron chi connectivity index (χ3n) is 2.19. The first-order valence-corrected chi connectivity index (χ1v) is 6.46.